The number of carbonyl (C=O) groups excluding carboxylic acids is 2. The highest BCUT2D eigenvalue weighted by Gasteiger charge is 2.39. The van der Waals surface area contributed by atoms with Crippen molar-refractivity contribution in [3.8, 4) is 0 Å². The van der Waals surface area contributed by atoms with Gasteiger partial charge in [0.15, 0.2) is 0 Å². The summed E-state index contributed by atoms with van der Waals surface area (Å²) in [5, 5.41) is 0. The zero-order valence-electron chi connectivity index (χ0n) is 11.2. The summed E-state index contributed by atoms with van der Waals surface area (Å²) in [6.07, 6.45) is 0.285. The molecular formula is C14H18N2O3. The molecule has 1 atom stereocenters. The summed E-state index contributed by atoms with van der Waals surface area (Å²) < 4.78 is 5.21. The number of likely N-dealkylation sites (N-methyl/N-ethyl adjacent to an activating group) is 1. The summed E-state index contributed by atoms with van der Waals surface area (Å²) in [5.74, 6) is -0.0529. The Hall–Kier alpha value is -2.04. The Morgan fingerprint density at radius 1 is 1.32 bits per heavy atom. The van der Waals surface area contributed by atoms with Crippen molar-refractivity contribution in [2.75, 3.05) is 20.6 Å². The molecule has 5 heteroatoms. The number of hydrogen-bond donors (Lipinski definition) is 0. The number of likely N-dealkylation sites (tertiary alicyclic amines) is 1. The molecule has 0 radical (unpaired) electrons. The maximum Gasteiger partial charge on any atom is 0.410 e. The van der Waals surface area contributed by atoms with Crippen LogP contribution in [-0.2, 0) is 16.1 Å². The molecule has 1 aromatic rings. The monoisotopic (exact) mass is 262 g/mol. The lowest BCUT2D eigenvalue weighted by Crippen LogP contribution is -2.58. The Labute approximate surface area is 112 Å². The van der Waals surface area contributed by atoms with Crippen LogP contribution in [0, 0.1) is 0 Å². The Balaban J connectivity index is 1.86. The molecule has 0 aromatic heterocycles. The minimum Gasteiger partial charge on any atom is -0.445 e. The van der Waals surface area contributed by atoms with E-state index in [9.17, 15) is 9.59 Å². The standard InChI is InChI=1S/C14H18N2O3/c1-15(2)13(17)12-8-9-16(12)14(18)19-10-11-6-4-3-5-7-11/h3-7,12H,8-10H2,1-2H3. The first-order valence-electron chi connectivity index (χ1n) is 6.28. The first-order chi connectivity index (χ1) is 9.09. The van der Waals surface area contributed by atoms with E-state index >= 15 is 0 Å². The minimum atomic E-state index is -0.421. The molecule has 0 aliphatic carbocycles. The summed E-state index contributed by atoms with van der Waals surface area (Å²) in [6.45, 7) is 0.816. The van der Waals surface area contributed by atoms with Gasteiger partial charge in [0, 0.05) is 20.6 Å². The van der Waals surface area contributed by atoms with Gasteiger partial charge in [0.2, 0.25) is 5.91 Å². The molecule has 102 valence electrons. The number of carbonyl (C=O) groups is 2. The highest BCUT2D eigenvalue weighted by molar-refractivity contribution is 5.86. The van der Waals surface area contributed by atoms with Crippen molar-refractivity contribution < 1.29 is 14.3 Å². The van der Waals surface area contributed by atoms with Gasteiger partial charge in [-0.25, -0.2) is 4.79 Å². The van der Waals surface area contributed by atoms with Crippen LogP contribution in [0.2, 0.25) is 0 Å². The van der Waals surface area contributed by atoms with Crippen molar-refractivity contribution in [3.63, 3.8) is 0 Å². The average molecular weight is 262 g/mol. The first kappa shape index (κ1) is 13.4. The summed E-state index contributed by atoms with van der Waals surface area (Å²) in [7, 11) is 3.38. The number of hydrogen-bond acceptors (Lipinski definition) is 3. The fourth-order valence-corrected chi connectivity index (χ4v) is 1.96. The van der Waals surface area contributed by atoms with Crippen molar-refractivity contribution in [3.05, 3.63) is 35.9 Å². The molecule has 1 saturated heterocycles. The van der Waals surface area contributed by atoms with Gasteiger partial charge in [0.05, 0.1) is 0 Å². The largest absolute Gasteiger partial charge is 0.445 e. The summed E-state index contributed by atoms with van der Waals surface area (Å²) >= 11 is 0. The van der Waals surface area contributed by atoms with Crippen LogP contribution >= 0.6 is 0 Å². The van der Waals surface area contributed by atoms with Gasteiger partial charge in [-0.15, -0.1) is 0 Å². The molecule has 5 nitrogen and oxygen atoms in total. The Morgan fingerprint density at radius 3 is 2.53 bits per heavy atom. The van der Waals surface area contributed by atoms with Crippen molar-refractivity contribution in [2.45, 2.75) is 19.1 Å². The maximum absolute atomic E-state index is 11.9. The lowest BCUT2D eigenvalue weighted by Gasteiger charge is -2.39. The van der Waals surface area contributed by atoms with Crippen LogP contribution in [0.15, 0.2) is 30.3 Å². The number of benzene rings is 1. The Kier molecular flexibility index (Phi) is 4.04. The normalized spacial score (nSPS) is 17.6. The van der Waals surface area contributed by atoms with Crippen molar-refractivity contribution in [1.82, 2.24) is 9.80 Å². The summed E-state index contributed by atoms with van der Waals surface area (Å²) in [6, 6.07) is 9.12. The van der Waals surface area contributed by atoms with E-state index < -0.39 is 6.09 Å². The fraction of sp³-hybridized carbons (Fsp3) is 0.429. The van der Waals surface area contributed by atoms with Gasteiger partial charge in [0.25, 0.3) is 0 Å². The summed E-state index contributed by atoms with van der Waals surface area (Å²) in [5.41, 5.74) is 0.937. The third-order valence-electron chi connectivity index (χ3n) is 3.19. The molecule has 2 rings (SSSR count). The molecule has 1 aliphatic rings. The Bertz CT molecular complexity index is 459. The molecule has 1 aromatic carbocycles. The van der Waals surface area contributed by atoms with E-state index in [2.05, 4.69) is 0 Å². The quantitative estimate of drug-likeness (QED) is 0.829. The molecule has 19 heavy (non-hydrogen) atoms. The van der Waals surface area contributed by atoms with Gasteiger partial charge >= 0.3 is 6.09 Å². The van der Waals surface area contributed by atoms with E-state index in [1.54, 1.807) is 14.1 Å². The molecule has 0 saturated carbocycles. The van der Waals surface area contributed by atoms with Crippen LogP contribution in [0.3, 0.4) is 0 Å². The highest BCUT2D eigenvalue weighted by atomic mass is 16.6. The SMILES string of the molecule is CN(C)C(=O)C1CCN1C(=O)OCc1ccccc1. The van der Waals surface area contributed by atoms with Gasteiger partial charge in [-0.1, -0.05) is 30.3 Å². The third kappa shape index (κ3) is 3.05. The molecule has 1 heterocycles. The zero-order chi connectivity index (χ0) is 13.8. The number of rotatable bonds is 3. The van der Waals surface area contributed by atoms with Crippen molar-refractivity contribution in [1.29, 1.82) is 0 Å². The topological polar surface area (TPSA) is 49.9 Å². The number of amides is 2. The second-order valence-electron chi connectivity index (χ2n) is 4.77. The average Bonchev–Trinajstić information content (AvgIpc) is 2.36. The molecule has 0 N–H and O–H groups in total. The predicted octanol–water partition coefficient (Wildman–Crippen LogP) is 1.49. The first-order valence-corrected chi connectivity index (χ1v) is 6.28. The van der Waals surface area contributed by atoms with E-state index in [4.69, 9.17) is 4.74 Å². The van der Waals surface area contributed by atoms with Gasteiger partial charge in [-0.3, -0.25) is 9.69 Å². The van der Waals surface area contributed by atoms with Crippen LogP contribution in [0.5, 0.6) is 0 Å². The van der Waals surface area contributed by atoms with Crippen LogP contribution in [0.1, 0.15) is 12.0 Å². The zero-order valence-corrected chi connectivity index (χ0v) is 11.2. The highest BCUT2D eigenvalue weighted by Crippen LogP contribution is 2.20. The van der Waals surface area contributed by atoms with Crippen LogP contribution < -0.4 is 0 Å². The molecule has 1 aliphatic heterocycles. The van der Waals surface area contributed by atoms with Gasteiger partial charge < -0.3 is 9.64 Å². The number of ether oxygens (including phenoxy) is 1. The molecule has 0 bridgehead atoms. The van der Waals surface area contributed by atoms with E-state index in [1.807, 2.05) is 30.3 Å². The molecule has 0 spiro atoms. The molecular weight excluding hydrogens is 244 g/mol. The van der Waals surface area contributed by atoms with Crippen LogP contribution in [0.4, 0.5) is 4.79 Å². The van der Waals surface area contributed by atoms with Crippen LogP contribution in [-0.4, -0.2) is 48.5 Å². The summed E-state index contributed by atoms with van der Waals surface area (Å²) in [4.78, 5) is 26.6. The van der Waals surface area contributed by atoms with Gasteiger partial charge in [0.1, 0.15) is 12.6 Å². The molecule has 1 unspecified atom stereocenters. The molecule has 1 fully saturated rings. The smallest absolute Gasteiger partial charge is 0.410 e. The Morgan fingerprint density at radius 2 is 2.00 bits per heavy atom. The second-order valence-corrected chi connectivity index (χ2v) is 4.77. The molecule has 2 amide bonds. The van der Waals surface area contributed by atoms with Gasteiger partial charge in [-0.05, 0) is 12.0 Å². The van der Waals surface area contributed by atoms with Crippen LogP contribution in [0.25, 0.3) is 0 Å². The fourth-order valence-electron chi connectivity index (χ4n) is 1.96. The van der Waals surface area contributed by atoms with E-state index in [0.717, 1.165) is 5.56 Å². The number of nitrogens with zero attached hydrogens (tertiary/aromatic N) is 2. The van der Waals surface area contributed by atoms with E-state index in [1.165, 1.54) is 9.80 Å². The second kappa shape index (κ2) is 5.73. The third-order valence-corrected chi connectivity index (χ3v) is 3.19. The lowest BCUT2D eigenvalue weighted by atomic mass is 10.0. The lowest BCUT2D eigenvalue weighted by molar-refractivity contribution is -0.138. The van der Waals surface area contributed by atoms with E-state index in [0.29, 0.717) is 13.0 Å². The van der Waals surface area contributed by atoms with E-state index in [-0.39, 0.29) is 18.6 Å². The predicted molar refractivity (Wildman–Crippen MR) is 70.4 cm³/mol. The van der Waals surface area contributed by atoms with Crippen molar-refractivity contribution in [2.24, 2.45) is 0 Å². The van der Waals surface area contributed by atoms with Crippen molar-refractivity contribution >= 4 is 12.0 Å². The minimum absolute atomic E-state index is 0.0529. The maximum atomic E-state index is 11.9. The van der Waals surface area contributed by atoms with Gasteiger partial charge in [-0.2, -0.15) is 0 Å².